The third-order valence-corrected chi connectivity index (χ3v) is 7.05. The SMILES string of the molecule is Cc1ccc(C)c(S(=O)(=O)Nc2ccc(Nc3cc(C)nc(N4CCCCC4)n3)cc2)c1. The van der Waals surface area contributed by atoms with Gasteiger partial charge in [-0.25, -0.2) is 13.4 Å². The van der Waals surface area contributed by atoms with Crippen molar-refractivity contribution in [3.63, 3.8) is 0 Å². The van der Waals surface area contributed by atoms with E-state index >= 15 is 0 Å². The van der Waals surface area contributed by atoms with Crippen LogP contribution in [0.15, 0.2) is 53.4 Å². The van der Waals surface area contributed by atoms with E-state index in [9.17, 15) is 8.42 Å². The summed E-state index contributed by atoms with van der Waals surface area (Å²) in [6, 6.07) is 14.5. The maximum atomic E-state index is 12.8. The number of benzene rings is 2. The number of piperidine rings is 1. The van der Waals surface area contributed by atoms with E-state index in [-0.39, 0.29) is 0 Å². The standard InChI is InChI=1S/C24H29N5O2S/c1-17-7-8-18(2)22(15-17)32(30,31)28-21-11-9-20(10-12-21)26-23-16-19(3)25-24(27-23)29-13-5-4-6-14-29/h7-12,15-16,28H,4-6,13-14H2,1-3H3,(H,25,26,27). The molecule has 2 aromatic carbocycles. The molecule has 0 aliphatic carbocycles. The van der Waals surface area contributed by atoms with Crippen molar-refractivity contribution >= 4 is 33.2 Å². The van der Waals surface area contributed by atoms with Crippen LogP contribution in [-0.2, 0) is 10.0 Å². The van der Waals surface area contributed by atoms with Crippen molar-refractivity contribution in [3.8, 4) is 0 Å². The monoisotopic (exact) mass is 451 g/mol. The summed E-state index contributed by atoms with van der Waals surface area (Å²) >= 11 is 0. The summed E-state index contributed by atoms with van der Waals surface area (Å²) in [5, 5.41) is 3.31. The highest BCUT2D eigenvalue weighted by atomic mass is 32.2. The topological polar surface area (TPSA) is 87.2 Å². The summed E-state index contributed by atoms with van der Waals surface area (Å²) in [6.45, 7) is 7.61. The van der Waals surface area contributed by atoms with Crippen LogP contribution >= 0.6 is 0 Å². The van der Waals surface area contributed by atoms with Crippen molar-refractivity contribution in [2.45, 2.75) is 44.9 Å². The van der Waals surface area contributed by atoms with Crippen LogP contribution in [0.3, 0.4) is 0 Å². The van der Waals surface area contributed by atoms with E-state index in [1.807, 2.05) is 44.2 Å². The lowest BCUT2D eigenvalue weighted by atomic mass is 10.1. The Morgan fingerprint density at radius 1 is 0.844 bits per heavy atom. The molecule has 7 nitrogen and oxygen atoms in total. The molecule has 1 aliphatic heterocycles. The highest BCUT2D eigenvalue weighted by Crippen LogP contribution is 2.24. The molecule has 0 spiro atoms. The first-order valence-corrected chi connectivity index (χ1v) is 12.4. The molecular formula is C24H29N5O2S. The number of nitrogens with one attached hydrogen (secondary N) is 2. The van der Waals surface area contributed by atoms with Gasteiger partial charge in [0.1, 0.15) is 5.82 Å². The fraction of sp³-hybridized carbons (Fsp3) is 0.333. The van der Waals surface area contributed by atoms with Crippen molar-refractivity contribution in [2.24, 2.45) is 0 Å². The lowest BCUT2D eigenvalue weighted by Gasteiger charge is -2.27. The largest absolute Gasteiger partial charge is 0.341 e. The Hall–Kier alpha value is -3.13. The molecule has 32 heavy (non-hydrogen) atoms. The molecule has 1 fully saturated rings. The zero-order valence-electron chi connectivity index (χ0n) is 18.7. The van der Waals surface area contributed by atoms with E-state index < -0.39 is 10.0 Å². The average Bonchev–Trinajstić information content (AvgIpc) is 2.77. The zero-order chi connectivity index (χ0) is 22.7. The van der Waals surface area contributed by atoms with Crippen LogP contribution in [-0.4, -0.2) is 31.5 Å². The Morgan fingerprint density at radius 3 is 2.25 bits per heavy atom. The first-order chi connectivity index (χ1) is 15.3. The number of nitrogens with zero attached hydrogens (tertiary/aromatic N) is 3. The second kappa shape index (κ2) is 9.16. The van der Waals surface area contributed by atoms with Gasteiger partial charge in [-0.3, -0.25) is 4.72 Å². The highest BCUT2D eigenvalue weighted by molar-refractivity contribution is 7.92. The van der Waals surface area contributed by atoms with Gasteiger partial charge in [0.05, 0.1) is 4.90 Å². The van der Waals surface area contributed by atoms with Crippen LogP contribution in [0.2, 0.25) is 0 Å². The molecule has 1 saturated heterocycles. The van der Waals surface area contributed by atoms with Gasteiger partial charge in [0, 0.05) is 36.2 Å². The smallest absolute Gasteiger partial charge is 0.262 e. The molecule has 0 radical (unpaired) electrons. The Labute approximate surface area is 190 Å². The molecule has 0 amide bonds. The molecule has 2 N–H and O–H groups in total. The summed E-state index contributed by atoms with van der Waals surface area (Å²) in [4.78, 5) is 11.8. The van der Waals surface area contributed by atoms with Crippen molar-refractivity contribution in [3.05, 3.63) is 65.4 Å². The number of aromatic nitrogens is 2. The fourth-order valence-corrected chi connectivity index (χ4v) is 5.22. The lowest BCUT2D eigenvalue weighted by molar-refractivity contribution is 0.568. The molecule has 0 bridgehead atoms. The van der Waals surface area contributed by atoms with Gasteiger partial charge in [-0.05, 0) is 81.5 Å². The van der Waals surface area contributed by atoms with Gasteiger partial charge >= 0.3 is 0 Å². The van der Waals surface area contributed by atoms with Crippen LogP contribution in [0.5, 0.6) is 0 Å². The quantitative estimate of drug-likeness (QED) is 0.552. The van der Waals surface area contributed by atoms with E-state index in [1.54, 1.807) is 25.1 Å². The van der Waals surface area contributed by atoms with Gasteiger partial charge in [0.15, 0.2) is 0 Å². The van der Waals surface area contributed by atoms with Crippen LogP contribution < -0.4 is 14.9 Å². The van der Waals surface area contributed by atoms with Gasteiger partial charge < -0.3 is 10.2 Å². The predicted octanol–water partition coefficient (Wildman–Crippen LogP) is 4.94. The molecular weight excluding hydrogens is 422 g/mol. The molecule has 168 valence electrons. The van der Waals surface area contributed by atoms with E-state index in [0.717, 1.165) is 41.8 Å². The predicted molar refractivity (Wildman–Crippen MR) is 129 cm³/mol. The molecule has 3 aromatic rings. The summed E-state index contributed by atoms with van der Waals surface area (Å²) in [5.74, 6) is 1.48. The third kappa shape index (κ3) is 5.19. The van der Waals surface area contributed by atoms with Crippen LogP contribution in [0.1, 0.15) is 36.1 Å². The van der Waals surface area contributed by atoms with Crippen LogP contribution in [0.25, 0.3) is 0 Å². The van der Waals surface area contributed by atoms with Crippen LogP contribution in [0.4, 0.5) is 23.1 Å². The maximum Gasteiger partial charge on any atom is 0.262 e. The zero-order valence-corrected chi connectivity index (χ0v) is 19.5. The Kier molecular flexibility index (Phi) is 6.32. The van der Waals surface area contributed by atoms with Gasteiger partial charge in [0.2, 0.25) is 5.95 Å². The summed E-state index contributed by atoms with van der Waals surface area (Å²) in [7, 11) is -3.66. The second-order valence-electron chi connectivity index (χ2n) is 8.32. The number of hydrogen-bond acceptors (Lipinski definition) is 6. The highest BCUT2D eigenvalue weighted by Gasteiger charge is 2.17. The van der Waals surface area contributed by atoms with E-state index in [4.69, 9.17) is 0 Å². The number of hydrogen-bond donors (Lipinski definition) is 2. The molecule has 0 saturated carbocycles. The molecule has 0 unspecified atom stereocenters. The summed E-state index contributed by atoms with van der Waals surface area (Å²) < 4.78 is 28.3. The third-order valence-electron chi connectivity index (χ3n) is 5.52. The van der Waals surface area contributed by atoms with Crippen molar-refractivity contribution in [1.82, 2.24) is 9.97 Å². The fourth-order valence-electron chi connectivity index (χ4n) is 3.83. The molecule has 2 heterocycles. The van der Waals surface area contributed by atoms with Crippen LogP contribution in [0, 0.1) is 20.8 Å². The lowest BCUT2D eigenvalue weighted by Crippen LogP contribution is -2.31. The van der Waals surface area contributed by atoms with Gasteiger partial charge in [-0.2, -0.15) is 4.98 Å². The minimum absolute atomic E-state index is 0.293. The first kappa shape index (κ1) is 22.1. The number of rotatable bonds is 6. The average molecular weight is 452 g/mol. The first-order valence-electron chi connectivity index (χ1n) is 10.9. The molecule has 1 aliphatic rings. The van der Waals surface area contributed by atoms with Crippen molar-refractivity contribution < 1.29 is 8.42 Å². The van der Waals surface area contributed by atoms with E-state index in [2.05, 4.69) is 24.9 Å². The molecule has 0 atom stereocenters. The minimum atomic E-state index is -3.66. The number of aryl methyl sites for hydroxylation is 3. The second-order valence-corrected chi connectivity index (χ2v) is 9.97. The Balaban J connectivity index is 1.48. The van der Waals surface area contributed by atoms with E-state index in [1.165, 1.54) is 19.3 Å². The molecule has 1 aromatic heterocycles. The Morgan fingerprint density at radius 2 is 1.53 bits per heavy atom. The van der Waals surface area contributed by atoms with Gasteiger partial charge in [0.25, 0.3) is 10.0 Å². The van der Waals surface area contributed by atoms with E-state index in [0.29, 0.717) is 16.1 Å². The van der Waals surface area contributed by atoms with Crippen molar-refractivity contribution in [1.29, 1.82) is 0 Å². The Bertz CT molecular complexity index is 1200. The summed E-state index contributed by atoms with van der Waals surface area (Å²) in [6.07, 6.45) is 3.59. The summed E-state index contributed by atoms with van der Waals surface area (Å²) in [5.41, 5.74) is 3.84. The minimum Gasteiger partial charge on any atom is -0.341 e. The number of sulfonamides is 1. The van der Waals surface area contributed by atoms with Gasteiger partial charge in [-0.15, -0.1) is 0 Å². The maximum absolute atomic E-state index is 12.8. The molecule has 4 rings (SSSR count). The molecule has 8 heteroatoms. The normalized spacial score (nSPS) is 14.3. The van der Waals surface area contributed by atoms with Crippen molar-refractivity contribution in [2.75, 3.05) is 28.0 Å². The van der Waals surface area contributed by atoms with Gasteiger partial charge in [-0.1, -0.05) is 12.1 Å². The number of anilines is 4.